The van der Waals surface area contributed by atoms with E-state index in [1.165, 1.54) is 0 Å². The smallest absolute Gasteiger partial charge is 0.412 e. The number of anilines is 8. The maximum atomic E-state index is 5.32. The van der Waals surface area contributed by atoms with Gasteiger partial charge in [0.25, 0.3) is 0 Å². The van der Waals surface area contributed by atoms with Gasteiger partial charge in [-0.15, -0.1) is 0 Å². The number of fused-ring (bicyclic) bond motifs is 24. The zero-order chi connectivity index (χ0) is 36.5. The molecule has 5 heterocycles. The van der Waals surface area contributed by atoms with Crippen molar-refractivity contribution in [1.82, 2.24) is 19.9 Å². The quantitative estimate of drug-likeness (QED) is 0.0904. The molecule has 9 nitrogen and oxygen atoms in total. The van der Waals surface area contributed by atoms with Gasteiger partial charge in [0.05, 0.1) is 23.3 Å². The largest absolute Gasteiger partial charge is 2.00 e. The Kier molecular flexibility index (Phi) is 7.39. The second-order valence-electron chi connectivity index (χ2n) is 14.8. The van der Waals surface area contributed by atoms with Gasteiger partial charge >= 0.3 is 18.6 Å². The molecule has 0 saturated carbocycles. The van der Waals surface area contributed by atoms with Gasteiger partial charge in [0, 0.05) is 44.8 Å². The molecule has 8 N–H and O–H groups in total. The van der Waals surface area contributed by atoms with E-state index >= 15 is 0 Å². The fourth-order valence-electron chi connectivity index (χ4n) is 8.81. The van der Waals surface area contributed by atoms with Crippen LogP contribution in [0.2, 0.25) is 0 Å². The van der Waals surface area contributed by atoms with Crippen LogP contribution in [-0.4, -0.2) is 15.4 Å². The van der Waals surface area contributed by atoms with E-state index in [-0.39, 0.29) is 24.0 Å². The molecule has 10 heteroatoms. The Morgan fingerprint density at radius 2 is 0.466 bits per heavy atom. The van der Waals surface area contributed by atoms with Gasteiger partial charge in [0.1, 0.15) is 0 Å². The molecule has 0 fully saturated rings. The second kappa shape index (κ2) is 12.6. The number of aromatic amines is 2. The van der Waals surface area contributed by atoms with Crippen molar-refractivity contribution in [1.29, 1.82) is 0 Å². The number of H-pyrrole nitrogens is 2. The van der Waals surface area contributed by atoms with Crippen molar-refractivity contribution in [3.63, 3.8) is 0 Å². The Balaban J connectivity index is 0.00000193. The third-order valence-corrected chi connectivity index (χ3v) is 11.6. The van der Waals surface area contributed by atoms with Gasteiger partial charge < -0.3 is 46.7 Å². The van der Waals surface area contributed by atoms with Gasteiger partial charge in [-0.1, -0.05) is 97.1 Å². The topological polar surface area (TPSA) is 139 Å². The molecule has 0 unspecified atom stereocenters. The van der Waals surface area contributed by atoms with Crippen LogP contribution >= 0.6 is 0 Å². The molecule has 0 atom stereocenters. The van der Waals surface area contributed by atoms with Crippen molar-refractivity contribution in [2.24, 2.45) is 0 Å². The molecule has 0 aliphatic carbocycles. The summed E-state index contributed by atoms with van der Waals surface area (Å²) in [5.74, 6) is 6.41. The number of hydrogen-bond donors (Lipinski definition) is 6. The van der Waals surface area contributed by atoms with Crippen molar-refractivity contribution in [2.45, 2.75) is 0 Å². The fraction of sp³-hybridized carbons (Fsp3) is 0. The van der Waals surface area contributed by atoms with E-state index in [2.05, 4.69) is 177 Å². The summed E-state index contributed by atoms with van der Waals surface area (Å²) in [6, 6.07) is 51.8. The number of aromatic nitrogens is 4. The van der Waals surface area contributed by atoms with Gasteiger partial charge in [-0.3, -0.25) is 0 Å². The maximum Gasteiger partial charge on any atom is 2.00 e. The van der Waals surface area contributed by atoms with Crippen LogP contribution in [0.5, 0.6) is 0 Å². The van der Waals surface area contributed by atoms with Gasteiger partial charge in [-0.05, 0) is 113 Å². The molecule has 12 aromatic rings. The summed E-state index contributed by atoms with van der Waals surface area (Å²) >= 11 is 0. The Labute approximate surface area is 342 Å². The first-order valence-corrected chi connectivity index (χ1v) is 18.8. The minimum Gasteiger partial charge on any atom is -0.412 e. The van der Waals surface area contributed by atoms with Crippen LogP contribution in [-0.2, 0) is 18.6 Å². The number of nitrogens with zero attached hydrogens (tertiary/aromatic N) is 2. The molecule has 0 spiro atoms. The van der Waals surface area contributed by atoms with Crippen LogP contribution in [0.25, 0.3) is 86.2 Å². The first-order valence-electron chi connectivity index (χ1n) is 18.8. The van der Waals surface area contributed by atoms with Crippen molar-refractivity contribution >= 4 is 133 Å². The summed E-state index contributed by atoms with van der Waals surface area (Å²) in [5, 5.41) is 32.6. The minimum absolute atomic E-state index is 0. The van der Waals surface area contributed by atoms with Crippen LogP contribution in [0, 0.1) is 0 Å². The summed E-state index contributed by atoms with van der Waals surface area (Å²) in [5.41, 5.74) is 0. The average Bonchev–Trinajstić information content (AvgIpc) is 3.95. The van der Waals surface area contributed by atoms with E-state index in [1.807, 2.05) is 0 Å². The van der Waals surface area contributed by atoms with E-state index in [9.17, 15) is 0 Å². The first-order chi connectivity index (χ1) is 27.7. The van der Waals surface area contributed by atoms with E-state index in [4.69, 9.17) is 9.97 Å². The normalized spacial score (nSPS) is 12.4. The predicted octanol–water partition coefficient (Wildman–Crippen LogP) is 11.9. The van der Waals surface area contributed by atoms with E-state index < -0.39 is 0 Å². The van der Waals surface area contributed by atoms with Crippen LogP contribution in [0.4, 0.5) is 46.5 Å². The molecule has 1 aliphatic rings. The number of benzene rings is 8. The molecule has 8 aromatic carbocycles. The molecule has 275 valence electrons. The molecule has 1 radical (unpaired) electrons. The van der Waals surface area contributed by atoms with Gasteiger partial charge in [0.2, 0.25) is 0 Å². The van der Waals surface area contributed by atoms with Crippen molar-refractivity contribution in [3.05, 3.63) is 146 Å². The molecule has 58 heavy (non-hydrogen) atoms. The Hall–Kier alpha value is -7.30. The summed E-state index contributed by atoms with van der Waals surface area (Å²) in [6.45, 7) is 0. The van der Waals surface area contributed by atoms with Gasteiger partial charge in [-0.25, -0.2) is 0 Å². The SMILES string of the molecule is O.[V+2].c1ccc2cc3c4[n-]c(c3cc2c1)Nc1[nH]c(c2cc3ccccc3cc12)Nc1[n-]c(c2cc3ccccc3cc12)Nc1[nH]c(c2cc3ccccc3cc12)N4. The molecular weight excluding hydrogens is 756 g/mol. The maximum absolute atomic E-state index is 5.32. The van der Waals surface area contributed by atoms with Gasteiger partial charge in [-0.2, -0.15) is 0 Å². The predicted molar refractivity (Wildman–Crippen MR) is 238 cm³/mol. The number of rotatable bonds is 0. The van der Waals surface area contributed by atoms with Crippen LogP contribution in [0.3, 0.4) is 0 Å². The average molecular weight is 788 g/mol. The number of nitrogens with one attached hydrogen (secondary N) is 6. The Bertz CT molecular complexity index is 2930. The monoisotopic (exact) mass is 787 g/mol. The van der Waals surface area contributed by atoms with E-state index in [0.717, 1.165) is 133 Å². The van der Waals surface area contributed by atoms with Gasteiger partial charge in [0.15, 0.2) is 0 Å². The zero-order valence-corrected chi connectivity index (χ0v) is 32.1. The molecular formula is C48H32N8OV. The summed E-state index contributed by atoms with van der Waals surface area (Å²) in [6.07, 6.45) is 0. The van der Waals surface area contributed by atoms with Crippen molar-refractivity contribution in [2.75, 3.05) is 21.3 Å². The third-order valence-electron chi connectivity index (χ3n) is 11.6. The Morgan fingerprint density at radius 1 is 0.276 bits per heavy atom. The zero-order valence-electron chi connectivity index (χ0n) is 30.7. The molecule has 0 amide bonds. The summed E-state index contributed by atoms with van der Waals surface area (Å²) < 4.78 is 0. The summed E-state index contributed by atoms with van der Waals surface area (Å²) in [7, 11) is 0. The molecule has 4 aromatic heterocycles. The van der Waals surface area contributed by atoms with Crippen molar-refractivity contribution in [3.8, 4) is 0 Å². The van der Waals surface area contributed by atoms with Crippen LogP contribution in [0.1, 0.15) is 0 Å². The molecule has 13 rings (SSSR count). The van der Waals surface area contributed by atoms with Crippen LogP contribution < -0.4 is 31.2 Å². The minimum atomic E-state index is 0. The molecule has 0 saturated heterocycles. The standard InChI is InChI=1S/C48H30N8.H2O.V/c1-2-10-26-18-34-33(17-25(26)9-1)41-49-42(34)54-44-37-21-29-13-5-6-14-30(29)22-38(37)46(51-44)56-48-40-24-32-16-8-7-15-31(32)23-39(40)47(52-48)55-45-36-20-28-12-4-3-11-27(28)19-35(36)43(50-45)53-41;;/h1-24,49,52-56H;1H2;/q-2;;+2. The first kappa shape index (κ1) is 34.0. The summed E-state index contributed by atoms with van der Waals surface area (Å²) in [4.78, 5) is 18.1. The van der Waals surface area contributed by atoms with Crippen molar-refractivity contribution < 1.29 is 24.0 Å². The molecule has 8 bridgehead atoms. The Morgan fingerprint density at radius 3 is 0.672 bits per heavy atom. The van der Waals surface area contributed by atoms with E-state index in [0.29, 0.717) is 0 Å². The second-order valence-corrected chi connectivity index (χ2v) is 14.8. The fourth-order valence-corrected chi connectivity index (χ4v) is 8.81. The molecule has 1 aliphatic heterocycles. The van der Waals surface area contributed by atoms with E-state index in [1.54, 1.807) is 0 Å². The number of hydrogen-bond acceptors (Lipinski definition) is 4. The van der Waals surface area contributed by atoms with Crippen LogP contribution in [0.15, 0.2) is 146 Å². The third kappa shape index (κ3) is 5.01.